The van der Waals surface area contributed by atoms with Crippen molar-refractivity contribution in [1.82, 2.24) is 0 Å². The summed E-state index contributed by atoms with van der Waals surface area (Å²) < 4.78 is 16.1. The Morgan fingerprint density at radius 1 is 1.16 bits per heavy atom. The molecule has 2 atom stereocenters. The van der Waals surface area contributed by atoms with Gasteiger partial charge >= 0.3 is 0 Å². The molecule has 4 heteroatoms. The molecule has 2 fully saturated rings. The van der Waals surface area contributed by atoms with E-state index in [-0.39, 0.29) is 0 Å². The summed E-state index contributed by atoms with van der Waals surface area (Å²) in [6.45, 7) is 6.66. The topological polar surface area (TPSA) is 37.5 Å². The van der Waals surface area contributed by atoms with Crippen LogP contribution in [-0.2, 0) is 9.47 Å². The number of nitrogens with zero attached hydrogens (tertiary/aromatic N) is 1. The predicted molar refractivity (Wildman–Crippen MR) is 73.9 cm³/mol. The first kappa shape index (κ1) is 12.8. The maximum Gasteiger partial charge on any atom is 0.119 e. The second kappa shape index (κ2) is 5.80. The van der Waals surface area contributed by atoms with Gasteiger partial charge in [-0.15, -0.1) is 0 Å². The standard InChI is InChI=1S/C15H21NO3/c1-2-7-16(8-14-9-18-14)12-3-5-13(6-4-12)17-10-15-11-19-15/h3-6,14-15H,2,7-11H2,1H3. The number of ether oxygens (including phenoxy) is 3. The zero-order chi connectivity index (χ0) is 13.1. The second-order valence-corrected chi connectivity index (χ2v) is 5.16. The van der Waals surface area contributed by atoms with Crippen LogP contribution < -0.4 is 9.64 Å². The minimum Gasteiger partial charge on any atom is -0.491 e. The Morgan fingerprint density at radius 2 is 1.84 bits per heavy atom. The van der Waals surface area contributed by atoms with Crippen molar-refractivity contribution in [3.05, 3.63) is 24.3 Å². The third kappa shape index (κ3) is 3.85. The lowest BCUT2D eigenvalue weighted by atomic mass is 10.2. The molecule has 0 aromatic heterocycles. The Labute approximate surface area is 114 Å². The van der Waals surface area contributed by atoms with E-state index in [0.717, 1.165) is 38.5 Å². The van der Waals surface area contributed by atoms with E-state index in [1.165, 1.54) is 5.69 Å². The molecule has 0 amide bonds. The average molecular weight is 263 g/mol. The number of anilines is 1. The molecule has 0 saturated carbocycles. The van der Waals surface area contributed by atoms with Crippen LogP contribution in [0.5, 0.6) is 5.75 Å². The van der Waals surface area contributed by atoms with Crippen molar-refractivity contribution < 1.29 is 14.2 Å². The van der Waals surface area contributed by atoms with Crippen molar-refractivity contribution in [2.45, 2.75) is 25.6 Å². The molecule has 2 aliphatic rings. The van der Waals surface area contributed by atoms with E-state index < -0.39 is 0 Å². The van der Waals surface area contributed by atoms with E-state index in [1.807, 2.05) is 12.1 Å². The summed E-state index contributed by atoms with van der Waals surface area (Å²) in [4.78, 5) is 2.38. The van der Waals surface area contributed by atoms with Crippen molar-refractivity contribution in [1.29, 1.82) is 0 Å². The Morgan fingerprint density at radius 3 is 2.42 bits per heavy atom. The fraction of sp³-hybridized carbons (Fsp3) is 0.600. The highest BCUT2D eigenvalue weighted by molar-refractivity contribution is 5.49. The van der Waals surface area contributed by atoms with E-state index in [1.54, 1.807) is 0 Å². The van der Waals surface area contributed by atoms with Crippen LogP contribution in [0.15, 0.2) is 24.3 Å². The molecule has 4 nitrogen and oxygen atoms in total. The van der Waals surface area contributed by atoms with Crippen LogP contribution in [-0.4, -0.2) is 45.1 Å². The largest absolute Gasteiger partial charge is 0.491 e. The van der Waals surface area contributed by atoms with Gasteiger partial charge in [0.15, 0.2) is 0 Å². The van der Waals surface area contributed by atoms with Gasteiger partial charge in [-0.1, -0.05) is 6.92 Å². The molecule has 2 aliphatic heterocycles. The summed E-state index contributed by atoms with van der Waals surface area (Å²) in [7, 11) is 0. The molecule has 2 heterocycles. The average Bonchev–Trinajstić information content (AvgIpc) is 3.31. The smallest absolute Gasteiger partial charge is 0.119 e. The summed E-state index contributed by atoms with van der Waals surface area (Å²) in [6.07, 6.45) is 1.88. The molecule has 1 aromatic rings. The SMILES string of the molecule is CCCN(CC1CO1)c1ccc(OCC2CO2)cc1. The number of hydrogen-bond donors (Lipinski definition) is 0. The van der Waals surface area contributed by atoms with Crippen molar-refractivity contribution >= 4 is 5.69 Å². The Kier molecular flexibility index (Phi) is 3.89. The van der Waals surface area contributed by atoms with Crippen LogP contribution in [0, 0.1) is 0 Å². The van der Waals surface area contributed by atoms with Gasteiger partial charge in [0.2, 0.25) is 0 Å². The minimum atomic E-state index is 0.309. The fourth-order valence-electron chi connectivity index (χ4n) is 2.12. The normalized spacial score (nSPS) is 24.1. The lowest BCUT2D eigenvalue weighted by molar-refractivity contribution is 0.263. The van der Waals surface area contributed by atoms with Crippen molar-refractivity contribution in [3.63, 3.8) is 0 Å². The van der Waals surface area contributed by atoms with Crippen LogP contribution in [0.25, 0.3) is 0 Å². The van der Waals surface area contributed by atoms with Gasteiger partial charge in [-0.3, -0.25) is 0 Å². The quantitative estimate of drug-likeness (QED) is 0.673. The van der Waals surface area contributed by atoms with Gasteiger partial charge in [0.1, 0.15) is 18.5 Å². The second-order valence-electron chi connectivity index (χ2n) is 5.16. The van der Waals surface area contributed by atoms with Gasteiger partial charge < -0.3 is 19.1 Å². The van der Waals surface area contributed by atoms with Gasteiger partial charge in [-0.05, 0) is 30.7 Å². The zero-order valence-electron chi connectivity index (χ0n) is 11.4. The molecule has 0 bridgehead atoms. The lowest BCUT2D eigenvalue weighted by Crippen LogP contribution is -2.28. The van der Waals surface area contributed by atoms with Gasteiger partial charge in [-0.2, -0.15) is 0 Å². The van der Waals surface area contributed by atoms with E-state index in [0.29, 0.717) is 18.8 Å². The summed E-state index contributed by atoms with van der Waals surface area (Å²) in [5.74, 6) is 0.915. The monoisotopic (exact) mass is 263 g/mol. The molecule has 0 aliphatic carbocycles. The molecule has 1 aromatic carbocycles. The first-order valence-electron chi connectivity index (χ1n) is 7.06. The van der Waals surface area contributed by atoms with Crippen molar-refractivity contribution in [2.24, 2.45) is 0 Å². The van der Waals surface area contributed by atoms with Gasteiger partial charge in [0.05, 0.1) is 19.3 Å². The Hall–Kier alpha value is -1.26. The number of hydrogen-bond acceptors (Lipinski definition) is 4. The molecular formula is C15H21NO3. The van der Waals surface area contributed by atoms with Crippen LogP contribution in [0.2, 0.25) is 0 Å². The van der Waals surface area contributed by atoms with Crippen LogP contribution in [0.4, 0.5) is 5.69 Å². The molecule has 104 valence electrons. The molecule has 0 N–H and O–H groups in total. The third-order valence-corrected chi connectivity index (χ3v) is 3.36. The van der Waals surface area contributed by atoms with E-state index in [2.05, 4.69) is 24.0 Å². The first-order valence-corrected chi connectivity index (χ1v) is 7.06. The molecular weight excluding hydrogens is 242 g/mol. The Bertz CT molecular complexity index is 398. The summed E-state index contributed by atoms with van der Waals surface area (Å²) in [5.41, 5.74) is 1.24. The molecule has 0 radical (unpaired) electrons. The summed E-state index contributed by atoms with van der Waals surface area (Å²) in [5, 5.41) is 0. The molecule has 0 spiro atoms. The molecule has 2 unspecified atom stereocenters. The molecule has 19 heavy (non-hydrogen) atoms. The lowest BCUT2D eigenvalue weighted by Gasteiger charge is -2.23. The molecule has 3 rings (SSSR count). The van der Waals surface area contributed by atoms with E-state index in [4.69, 9.17) is 14.2 Å². The zero-order valence-corrected chi connectivity index (χ0v) is 11.4. The van der Waals surface area contributed by atoms with Crippen molar-refractivity contribution in [3.8, 4) is 5.75 Å². The van der Waals surface area contributed by atoms with Crippen LogP contribution in [0.1, 0.15) is 13.3 Å². The predicted octanol–water partition coefficient (Wildman–Crippen LogP) is 2.08. The fourth-order valence-corrected chi connectivity index (χ4v) is 2.12. The number of benzene rings is 1. The highest BCUT2D eigenvalue weighted by Gasteiger charge is 2.25. The van der Waals surface area contributed by atoms with Crippen LogP contribution in [0.3, 0.4) is 0 Å². The molecule has 2 saturated heterocycles. The highest BCUT2D eigenvalue weighted by Crippen LogP contribution is 2.23. The Balaban J connectivity index is 1.57. The van der Waals surface area contributed by atoms with Crippen LogP contribution >= 0.6 is 0 Å². The van der Waals surface area contributed by atoms with Gasteiger partial charge in [0, 0.05) is 18.8 Å². The third-order valence-electron chi connectivity index (χ3n) is 3.36. The van der Waals surface area contributed by atoms with Gasteiger partial charge in [-0.25, -0.2) is 0 Å². The van der Waals surface area contributed by atoms with E-state index in [9.17, 15) is 0 Å². The first-order chi connectivity index (χ1) is 9.35. The van der Waals surface area contributed by atoms with E-state index >= 15 is 0 Å². The van der Waals surface area contributed by atoms with Crippen molar-refractivity contribution in [2.75, 3.05) is 37.8 Å². The maximum absolute atomic E-state index is 5.65. The number of epoxide rings is 2. The highest BCUT2D eigenvalue weighted by atomic mass is 16.6. The van der Waals surface area contributed by atoms with Gasteiger partial charge in [0.25, 0.3) is 0 Å². The summed E-state index contributed by atoms with van der Waals surface area (Å²) in [6, 6.07) is 8.32. The summed E-state index contributed by atoms with van der Waals surface area (Å²) >= 11 is 0. The maximum atomic E-state index is 5.65. The minimum absolute atomic E-state index is 0.309. The number of rotatable bonds is 8.